The van der Waals surface area contributed by atoms with Gasteiger partial charge in [0, 0.05) is 18.0 Å². The molecule has 1 aromatic carbocycles. The van der Waals surface area contributed by atoms with Crippen molar-refractivity contribution in [2.45, 2.75) is 43.9 Å². The molecule has 2 unspecified atom stereocenters. The normalized spacial score (nSPS) is 22.6. The average molecular weight is 310 g/mol. The molecule has 6 heteroatoms. The van der Waals surface area contributed by atoms with Gasteiger partial charge < -0.3 is 10.6 Å². The van der Waals surface area contributed by atoms with Gasteiger partial charge >= 0.3 is 6.03 Å². The van der Waals surface area contributed by atoms with E-state index in [1.807, 2.05) is 31.2 Å². The largest absolute Gasteiger partial charge is 0.335 e. The number of rotatable bonds is 3. The van der Waals surface area contributed by atoms with Gasteiger partial charge in [0.05, 0.1) is 5.25 Å². The quantitative estimate of drug-likeness (QED) is 0.900. The van der Waals surface area contributed by atoms with Crippen LogP contribution in [0.1, 0.15) is 31.2 Å². The average Bonchev–Trinajstić information content (AvgIpc) is 2.41. The third-order valence-electron chi connectivity index (χ3n) is 3.88. The first-order valence-corrected chi connectivity index (χ1v) is 9.13. The summed E-state index contributed by atoms with van der Waals surface area (Å²) < 4.78 is 23.2. The van der Waals surface area contributed by atoms with E-state index in [-0.39, 0.29) is 17.3 Å². The number of aryl methyl sites for hydroxylation is 1. The molecule has 0 aliphatic heterocycles. The van der Waals surface area contributed by atoms with Crippen LogP contribution in [0.4, 0.5) is 10.5 Å². The van der Waals surface area contributed by atoms with Gasteiger partial charge in [0.25, 0.3) is 0 Å². The van der Waals surface area contributed by atoms with Crippen molar-refractivity contribution in [3.8, 4) is 0 Å². The van der Waals surface area contributed by atoms with Gasteiger partial charge in [-0.25, -0.2) is 13.2 Å². The molecule has 0 radical (unpaired) electrons. The number of amides is 2. The second-order valence-electron chi connectivity index (χ2n) is 5.78. The predicted octanol–water partition coefficient (Wildman–Crippen LogP) is 2.47. The van der Waals surface area contributed by atoms with Gasteiger partial charge in [-0.1, -0.05) is 24.1 Å². The van der Waals surface area contributed by atoms with E-state index in [0.717, 1.165) is 24.1 Å². The van der Waals surface area contributed by atoms with Crippen LogP contribution < -0.4 is 10.6 Å². The number of urea groups is 1. The van der Waals surface area contributed by atoms with Crippen molar-refractivity contribution in [3.63, 3.8) is 0 Å². The zero-order chi connectivity index (χ0) is 15.5. The van der Waals surface area contributed by atoms with E-state index < -0.39 is 9.84 Å². The number of sulfone groups is 1. The lowest BCUT2D eigenvalue weighted by Crippen LogP contribution is -2.43. The van der Waals surface area contributed by atoms with Crippen molar-refractivity contribution in [2.75, 3.05) is 11.6 Å². The molecule has 2 rings (SSSR count). The van der Waals surface area contributed by atoms with Crippen LogP contribution in [-0.4, -0.2) is 32.0 Å². The molecule has 116 valence electrons. The van der Waals surface area contributed by atoms with E-state index in [1.165, 1.54) is 6.26 Å². The van der Waals surface area contributed by atoms with Crippen LogP contribution in [0.2, 0.25) is 0 Å². The highest BCUT2D eigenvalue weighted by Gasteiger charge is 2.29. The summed E-state index contributed by atoms with van der Waals surface area (Å²) in [7, 11) is -3.03. The lowest BCUT2D eigenvalue weighted by molar-refractivity contribution is 0.244. The maximum atomic E-state index is 12.0. The van der Waals surface area contributed by atoms with Crippen molar-refractivity contribution in [1.29, 1.82) is 0 Å². The molecule has 0 saturated heterocycles. The Labute approximate surface area is 126 Å². The number of hydrogen-bond acceptors (Lipinski definition) is 3. The number of anilines is 1. The fourth-order valence-electron chi connectivity index (χ4n) is 2.65. The number of carbonyl (C=O) groups is 1. The summed E-state index contributed by atoms with van der Waals surface area (Å²) in [6.07, 6.45) is 4.11. The molecule has 1 aliphatic carbocycles. The zero-order valence-corrected chi connectivity index (χ0v) is 13.2. The maximum Gasteiger partial charge on any atom is 0.319 e. The second-order valence-corrected chi connectivity index (χ2v) is 8.11. The van der Waals surface area contributed by atoms with Crippen LogP contribution in [0.15, 0.2) is 24.3 Å². The van der Waals surface area contributed by atoms with Crippen molar-refractivity contribution >= 4 is 21.6 Å². The van der Waals surface area contributed by atoms with Gasteiger partial charge in [0.15, 0.2) is 0 Å². The summed E-state index contributed by atoms with van der Waals surface area (Å²) in [5, 5.41) is 5.30. The molecule has 21 heavy (non-hydrogen) atoms. The van der Waals surface area contributed by atoms with E-state index in [2.05, 4.69) is 10.6 Å². The Hall–Kier alpha value is -1.56. The Bertz CT molecular complexity index is 596. The van der Waals surface area contributed by atoms with E-state index in [4.69, 9.17) is 0 Å². The molecule has 2 N–H and O–H groups in total. The third kappa shape index (κ3) is 4.74. The minimum absolute atomic E-state index is 0.0797. The first-order chi connectivity index (χ1) is 9.84. The van der Waals surface area contributed by atoms with Crippen LogP contribution in [0, 0.1) is 6.92 Å². The lowest BCUT2D eigenvalue weighted by atomic mass is 9.95. The molecule has 0 heterocycles. The Kier molecular flexibility index (Phi) is 4.88. The van der Waals surface area contributed by atoms with Crippen molar-refractivity contribution in [1.82, 2.24) is 5.32 Å². The monoisotopic (exact) mass is 310 g/mol. The summed E-state index contributed by atoms with van der Waals surface area (Å²) in [5.41, 5.74) is 1.86. The van der Waals surface area contributed by atoms with Crippen LogP contribution in [0.5, 0.6) is 0 Å². The minimum Gasteiger partial charge on any atom is -0.335 e. The standard InChI is InChI=1S/C15H22N2O3S/c1-11-6-8-12(9-7-11)16-15(18)17-13-4-3-5-14(10-13)21(2,19)20/h6-9,13-14H,3-5,10H2,1-2H3,(H2,16,17,18). The minimum atomic E-state index is -3.03. The van der Waals surface area contributed by atoms with Gasteiger partial charge in [-0.3, -0.25) is 0 Å². The van der Waals surface area contributed by atoms with Crippen LogP contribution >= 0.6 is 0 Å². The summed E-state index contributed by atoms with van der Waals surface area (Å²) in [6.45, 7) is 1.98. The molecule has 0 bridgehead atoms. The predicted molar refractivity (Wildman–Crippen MR) is 84.2 cm³/mol. The summed E-state index contributed by atoms with van der Waals surface area (Å²) >= 11 is 0. The van der Waals surface area contributed by atoms with Crippen LogP contribution in [-0.2, 0) is 9.84 Å². The van der Waals surface area contributed by atoms with E-state index in [1.54, 1.807) is 0 Å². The van der Waals surface area contributed by atoms with Gasteiger partial charge in [0.2, 0.25) is 0 Å². The number of nitrogens with one attached hydrogen (secondary N) is 2. The molecule has 1 fully saturated rings. The molecule has 2 amide bonds. The van der Waals surface area contributed by atoms with Gasteiger partial charge in [-0.15, -0.1) is 0 Å². The Balaban J connectivity index is 1.89. The molecule has 1 aliphatic rings. The molecular weight excluding hydrogens is 288 g/mol. The highest BCUT2D eigenvalue weighted by molar-refractivity contribution is 7.91. The molecule has 2 atom stereocenters. The SMILES string of the molecule is Cc1ccc(NC(=O)NC2CCCC(S(C)(=O)=O)C2)cc1. The van der Waals surface area contributed by atoms with Crippen molar-refractivity contribution in [3.05, 3.63) is 29.8 Å². The number of benzene rings is 1. The van der Waals surface area contributed by atoms with Crippen LogP contribution in [0.3, 0.4) is 0 Å². The maximum absolute atomic E-state index is 12.0. The topological polar surface area (TPSA) is 75.3 Å². The Morgan fingerprint density at radius 3 is 2.48 bits per heavy atom. The van der Waals surface area contributed by atoms with Gasteiger partial charge in [-0.05, 0) is 38.3 Å². The van der Waals surface area contributed by atoms with Crippen molar-refractivity contribution in [2.24, 2.45) is 0 Å². The first-order valence-electron chi connectivity index (χ1n) is 7.17. The van der Waals surface area contributed by atoms with E-state index in [9.17, 15) is 13.2 Å². The van der Waals surface area contributed by atoms with Crippen LogP contribution in [0.25, 0.3) is 0 Å². The zero-order valence-electron chi connectivity index (χ0n) is 12.4. The number of hydrogen-bond donors (Lipinski definition) is 2. The Morgan fingerprint density at radius 2 is 1.86 bits per heavy atom. The van der Waals surface area contributed by atoms with E-state index >= 15 is 0 Å². The lowest BCUT2D eigenvalue weighted by Gasteiger charge is -2.28. The molecule has 1 aromatic rings. The smallest absolute Gasteiger partial charge is 0.319 e. The summed E-state index contributed by atoms with van der Waals surface area (Å²) in [4.78, 5) is 12.0. The molecular formula is C15H22N2O3S. The van der Waals surface area contributed by atoms with Crippen molar-refractivity contribution < 1.29 is 13.2 Å². The molecule has 0 spiro atoms. The summed E-state index contributed by atoms with van der Waals surface area (Å²) in [6, 6.07) is 7.18. The second kappa shape index (κ2) is 6.47. The molecule has 1 saturated carbocycles. The fourth-order valence-corrected chi connectivity index (χ4v) is 3.83. The Morgan fingerprint density at radius 1 is 1.19 bits per heavy atom. The summed E-state index contributed by atoms with van der Waals surface area (Å²) in [5.74, 6) is 0. The highest BCUT2D eigenvalue weighted by atomic mass is 32.2. The highest BCUT2D eigenvalue weighted by Crippen LogP contribution is 2.24. The first kappa shape index (κ1) is 15.8. The fraction of sp³-hybridized carbons (Fsp3) is 0.533. The molecule has 5 nitrogen and oxygen atoms in total. The third-order valence-corrected chi connectivity index (χ3v) is 5.52. The number of carbonyl (C=O) groups excluding carboxylic acids is 1. The molecule has 0 aromatic heterocycles. The van der Waals surface area contributed by atoms with Gasteiger partial charge in [0.1, 0.15) is 9.84 Å². The van der Waals surface area contributed by atoms with E-state index in [0.29, 0.717) is 12.8 Å². The van der Waals surface area contributed by atoms with Gasteiger partial charge in [-0.2, -0.15) is 0 Å².